The Balaban J connectivity index is 2.59. The monoisotopic (exact) mass is 188 g/mol. The predicted molar refractivity (Wildman–Crippen MR) is 46.9 cm³/mol. The molecule has 0 radical (unpaired) electrons. The first kappa shape index (κ1) is 10.7. The van der Waals surface area contributed by atoms with Crippen LogP contribution >= 0.6 is 0 Å². The van der Waals surface area contributed by atoms with Gasteiger partial charge in [-0.3, -0.25) is 0 Å². The van der Waals surface area contributed by atoms with Crippen LogP contribution in [0.25, 0.3) is 0 Å². The maximum Gasteiger partial charge on any atom is 0.277 e. The Hall–Kier alpha value is -0.420. The van der Waals surface area contributed by atoms with E-state index >= 15 is 0 Å². The van der Waals surface area contributed by atoms with Crippen LogP contribution in [0, 0.1) is 0 Å². The summed E-state index contributed by atoms with van der Waals surface area (Å²) in [5, 5.41) is 19.2. The summed E-state index contributed by atoms with van der Waals surface area (Å²) in [7, 11) is 0. The third kappa shape index (κ3) is 2.51. The average molecular weight is 188 g/mol. The van der Waals surface area contributed by atoms with Crippen LogP contribution in [0.4, 0.5) is 0 Å². The molecule has 4 heteroatoms. The molecule has 0 aliphatic carbocycles. The summed E-state index contributed by atoms with van der Waals surface area (Å²) in [6.45, 7) is 6.75. The Morgan fingerprint density at radius 3 is 2.77 bits per heavy atom. The van der Waals surface area contributed by atoms with E-state index in [0.29, 0.717) is 6.42 Å². The number of hydrogen-bond donors (Lipinski definition) is 2. The van der Waals surface area contributed by atoms with Gasteiger partial charge in [-0.1, -0.05) is 6.08 Å². The minimum atomic E-state index is -1.57. The Morgan fingerprint density at radius 2 is 2.38 bits per heavy atom. The van der Waals surface area contributed by atoms with Gasteiger partial charge in [-0.15, -0.1) is 6.58 Å². The van der Waals surface area contributed by atoms with Crippen LogP contribution in [-0.2, 0) is 9.47 Å². The Morgan fingerprint density at radius 1 is 1.77 bits per heavy atom. The first-order valence-electron chi connectivity index (χ1n) is 4.25. The lowest BCUT2D eigenvalue weighted by atomic mass is 9.96. The summed E-state index contributed by atoms with van der Waals surface area (Å²) < 4.78 is 10.0. The van der Waals surface area contributed by atoms with E-state index in [4.69, 9.17) is 9.47 Å². The zero-order valence-electron chi connectivity index (χ0n) is 7.99. The molecule has 0 aromatic carbocycles. The highest BCUT2D eigenvalue weighted by atomic mass is 16.9. The predicted octanol–water partition coefficient (Wildman–Crippen LogP) is 0.395. The van der Waals surface area contributed by atoms with Gasteiger partial charge in [0.1, 0.15) is 6.10 Å². The van der Waals surface area contributed by atoms with Crippen molar-refractivity contribution in [2.24, 2.45) is 0 Å². The van der Waals surface area contributed by atoms with E-state index in [9.17, 15) is 10.2 Å². The van der Waals surface area contributed by atoms with Gasteiger partial charge < -0.3 is 19.7 Å². The van der Waals surface area contributed by atoms with Gasteiger partial charge in [0.05, 0.1) is 12.2 Å². The van der Waals surface area contributed by atoms with Gasteiger partial charge in [0.15, 0.2) is 0 Å². The molecule has 0 bridgehead atoms. The lowest BCUT2D eigenvalue weighted by Crippen LogP contribution is -2.41. The van der Waals surface area contributed by atoms with Crippen molar-refractivity contribution in [3.8, 4) is 0 Å². The van der Waals surface area contributed by atoms with Crippen molar-refractivity contribution in [2.75, 3.05) is 6.61 Å². The summed E-state index contributed by atoms with van der Waals surface area (Å²) in [6.07, 6.45) is 1.49. The Labute approximate surface area is 77.8 Å². The van der Waals surface area contributed by atoms with Gasteiger partial charge in [0, 0.05) is 6.92 Å². The molecule has 1 heterocycles. The molecule has 1 aliphatic rings. The lowest BCUT2D eigenvalue weighted by molar-refractivity contribution is -0.306. The minimum absolute atomic E-state index is 0.188. The number of ether oxygens (including phenoxy) is 2. The number of hydrogen-bond acceptors (Lipinski definition) is 4. The lowest BCUT2D eigenvalue weighted by Gasteiger charge is -2.27. The van der Waals surface area contributed by atoms with Crippen LogP contribution in [0.1, 0.15) is 20.3 Å². The van der Waals surface area contributed by atoms with E-state index in [0.717, 1.165) is 0 Å². The van der Waals surface area contributed by atoms with E-state index in [1.54, 1.807) is 13.0 Å². The fourth-order valence-corrected chi connectivity index (χ4v) is 1.29. The molecule has 0 aromatic heterocycles. The minimum Gasteiger partial charge on any atom is -0.387 e. The van der Waals surface area contributed by atoms with Crippen molar-refractivity contribution in [3.63, 3.8) is 0 Å². The molecule has 3 atom stereocenters. The van der Waals surface area contributed by atoms with Gasteiger partial charge in [-0.2, -0.15) is 0 Å². The molecule has 1 fully saturated rings. The SMILES string of the molecule is C=CC[C@@](C)(O)[C@H]1CO[C@@](C)(O)O1. The molecule has 13 heavy (non-hydrogen) atoms. The molecular weight excluding hydrogens is 172 g/mol. The quantitative estimate of drug-likeness (QED) is 0.629. The molecule has 76 valence electrons. The first-order valence-corrected chi connectivity index (χ1v) is 4.25. The highest BCUT2D eigenvalue weighted by molar-refractivity contribution is 4.91. The van der Waals surface area contributed by atoms with Crippen LogP contribution in [0.15, 0.2) is 12.7 Å². The molecule has 1 saturated heterocycles. The number of aliphatic hydroxyl groups is 2. The second kappa shape index (κ2) is 3.38. The van der Waals surface area contributed by atoms with Gasteiger partial charge in [-0.25, -0.2) is 0 Å². The Kier molecular flexibility index (Phi) is 2.77. The van der Waals surface area contributed by atoms with E-state index in [1.165, 1.54) is 6.92 Å². The summed E-state index contributed by atoms with van der Waals surface area (Å²) in [6, 6.07) is 0. The molecule has 1 rings (SSSR count). The van der Waals surface area contributed by atoms with E-state index in [1.807, 2.05) is 0 Å². The molecule has 0 unspecified atom stereocenters. The average Bonchev–Trinajstić information content (AvgIpc) is 2.30. The second-order valence-electron chi connectivity index (χ2n) is 3.67. The largest absolute Gasteiger partial charge is 0.387 e. The maximum atomic E-state index is 9.86. The van der Waals surface area contributed by atoms with Crippen molar-refractivity contribution in [1.29, 1.82) is 0 Å². The zero-order chi connectivity index (χ0) is 10.1. The molecule has 0 aromatic rings. The van der Waals surface area contributed by atoms with E-state index < -0.39 is 17.7 Å². The smallest absolute Gasteiger partial charge is 0.277 e. The highest BCUT2D eigenvalue weighted by Crippen LogP contribution is 2.29. The third-order valence-corrected chi connectivity index (χ3v) is 2.11. The fraction of sp³-hybridized carbons (Fsp3) is 0.778. The highest BCUT2D eigenvalue weighted by Gasteiger charge is 2.44. The summed E-state index contributed by atoms with van der Waals surface area (Å²) in [5.74, 6) is -1.57. The van der Waals surface area contributed by atoms with Gasteiger partial charge in [0.2, 0.25) is 0 Å². The van der Waals surface area contributed by atoms with E-state index in [-0.39, 0.29) is 6.61 Å². The van der Waals surface area contributed by atoms with Crippen LogP contribution in [-0.4, -0.2) is 34.5 Å². The van der Waals surface area contributed by atoms with Crippen LogP contribution in [0.3, 0.4) is 0 Å². The van der Waals surface area contributed by atoms with Crippen LogP contribution < -0.4 is 0 Å². The molecule has 0 spiro atoms. The molecule has 0 saturated carbocycles. The van der Waals surface area contributed by atoms with Crippen LogP contribution in [0.5, 0.6) is 0 Å². The molecule has 2 N–H and O–H groups in total. The van der Waals surface area contributed by atoms with Gasteiger partial charge >= 0.3 is 0 Å². The molecule has 4 nitrogen and oxygen atoms in total. The van der Waals surface area contributed by atoms with Crippen molar-refractivity contribution >= 4 is 0 Å². The summed E-state index contributed by atoms with van der Waals surface area (Å²) >= 11 is 0. The first-order chi connectivity index (χ1) is 5.87. The summed E-state index contributed by atoms with van der Waals surface area (Å²) in [4.78, 5) is 0. The molecule has 0 amide bonds. The topological polar surface area (TPSA) is 58.9 Å². The zero-order valence-corrected chi connectivity index (χ0v) is 7.99. The van der Waals surface area contributed by atoms with Crippen molar-refractivity contribution < 1.29 is 19.7 Å². The van der Waals surface area contributed by atoms with Crippen LogP contribution in [0.2, 0.25) is 0 Å². The van der Waals surface area contributed by atoms with Crippen molar-refractivity contribution in [1.82, 2.24) is 0 Å². The third-order valence-electron chi connectivity index (χ3n) is 2.11. The molecular formula is C9H16O4. The van der Waals surface area contributed by atoms with Gasteiger partial charge in [0.25, 0.3) is 5.97 Å². The molecule has 1 aliphatic heterocycles. The van der Waals surface area contributed by atoms with Crippen molar-refractivity contribution in [2.45, 2.75) is 37.9 Å². The second-order valence-corrected chi connectivity index (χ2v) is 3.67. The van der Waals surface area contributed by atoms with Crippen molar-refractivity contribution in [3.05, 3.63) is 12.7 Å². The normalized spacial score (nSPS) is 38.6. The number of rotatable bonds is 3. The standard InChI is InChI=1S/C9H16O4/c1-4-5-8(2,10)7-6-12-9(3,11)13-7/h4,7,10-11H,1,5-6H2,2-3H3/t7-,8-,9-/m1/s1. The maximum absolute atomic E-state index is 9.86. The fourth-order valence-electron chi connectivity index (χ4n) is 1.29. The summed E-state index contributed by atoms with van der Waals surface area (Å²) in [5.41, 5.74) is -1.04. The van der Waals surface area contributed by atoms with Gasteiger partial charge in [-0.05, 0) is 13.3 Å². The van der Waals surface area contributed by atoms with E-state index in [2.05, 4.69) is 6.58 Å². The Bertz CT molecular complexity index is 198.